The Hall–Kier alpha value is -7.80. The number of anilines is 3. The van der Waals surface area contributed by atoms with E-state index in [1.54, 1.807) is 0 Å². The number of hydrogen-bond donors (Lipinski definition) is 0. The minimum Gasteiger partial charge on any atom is -0.310 e. The average molecular weight is 824 g/mol. The number of aromatic nitrogens is 2. The number of rotatable bonds is 8. The van der Waals surface area contributed by atoms with E-state index >= 15 is 0 Å². The van der Waals surface area contributed by atoms with Crippen molar-refractivity contribution in [2.75, 3.05) is 4.90 Å². The zero-order chi connectivity index (χ0) is 43.5. The van der Waals surface area contributed by atoms with Gasteiger partial charge in [0.2, 0.25) is 0 Å². The molecule has 308 valence electrons. The van der Waals surface area contributed by atoms with Crippen molar-refractivity contribution in [3.05, 3.63) is 211 Å². The lowest BCUT2D eigenvalue weighted by molar-refractivity contribution is 0.735. The van der Waals surface area contributed by atoms with Gasteiger partial charge in [0.05, 0.1) is 27.8 Å². The quantitative estimate of drug-likeness (QED) is 0.149. The van der Waals surface area contributed by atoms with Gasteiger partial charge >= 0.3 is 0 Å². The van der Waals surface area contributed by atoms with Crippen molar-refractivity contribution in [3.63, 3.8) is 0 Å². The van der Waals surface area contributed by atoms with Crippen molar-refractivity contribution in [3.8, 4) is 27.9 Å². The molecule has 0 aliphatic rings. The summed E-state index contributed by atoms with van der Waals surface area (Å²) in [5.74, 6) is 0.442. The van der Waals surface area contributed by atoms with Crippen molar-refractivity contribution >= 4 is 77.0 Å². The van der Waals surface area contributed by atoms with Crippen LogP contribution in [0.4, 0.5) is 17.1 Å². The molecule has 0 N–H and O–H groups in total. The van der Waals surface area contributed by atoms with Gasteiger partial charge in [-0.25, -0.2) is 0 Å². The Morgan fingerprint density at radius 1 is 0.547 bits per heavy atom. The molecule has 3 nitrogen and oxygen atoms in total. The van der Waals surface area contributed by atoms with Crippen LogP contribution in [-0.4, -0.2) is 8.97 Å². The Morgan fingerprint density at radius 3 is 2.00 bits per heavy atom. The first-order valence-electron chi connectivity index (χ1n) is 22.8. The van der Waals surface area contributed by atoms with Gasteiger partial charge in [-0.2, -0.15) is 0 Å². The monoisotopic (exact) mass is 823 g/mol. The van der Waals surface area contributed by atoms with E-state index in [0.29, 0.717) is 5.92 Å². The zero-order valence-electron chi connectivity index (χ0n) is 37.0. The topological polar surface area (TPSA) is 12.6 Å². The Kier molecular flexibility index (Phi) is 9.67. The molecular weight excluding hydrogens is 775 g/mol. The first-order chi connectivity index (χ1) is 31.6. The van der Waals surface area contributed by atoms with E-state index in [1.807, 2.05) is 19.9 Å². The summed E-state index contributed by atoms with van der Waals surface area (Å²) in [7, 11) is 0. The molecule has 1 atom stereocenters. The van der Waals surface area contributed by atoms with Crippen LogP contribution >= 0.6 is 0 Å². The maximum atomic E-state index is 3.52. The van der Waals surface area contributed by atoms with Crippen molar-refractivity contribution in [2.24, 2.45) is 0 Å². The van der Waals surface area contributed by atoms with Gasteiger partial charge in [0.1, 0.15) is 5.52 Å². The maximum absolute atomic E-state index is 3.52. The number of nitrogens with zero attached hydrogens (tertiary/aromatic N) is 3. The van der Waals surface area contributed by atoms with Gasteiger partial charge in [-0.05, 0) is 120 Å². The van der Waals surface area contributed by atoms with Crippen LogP contribution in [0.1, 0.15) is 51.2 Å². The molecule has 0 aliphatic heterocycles. The van der Waals surface area contributed by atoms with Crippen LogP contribution < -0.4 is 4.90 Å². The van der Waals surface area contributed by atoms with Crippen molar-refractivity contribution in [2.45, 2.75) is 47.0 Å². The Morgan fingerprint density at radius 2 is 1.20 bits per heavy atom. The van der Waals surface area contributed by atoms with E-state index in [0.717, 1.165) is 34.7 Å². The molecular formula is C61H49N3. The zero-order valence-corrected chi connectivity index (χ0v) is 37.0. The van der Waals surface area contributed by atoms with Crippen LogP contribution in [0, 0.1) is 19.1 Å². The van der Waals surface area contributed by atoms with Crippen LogP contribution in [-0.2, 0) is 0 Å². The van der Waals surface area contributed by atoms with E-state index in [-0.39, 0.29) is 0 Å². The molecule has 0 amide bonds. The Labute approximate surface area is 375 Å². The summed E-state index contributed by atoms with van der Waals surface area (Å²) < 4.78 is 4.82. The summed E-state index contributed by atoms with van der Waals surface area (Å²) in [6.45, 7) is 10.9. The molecule has 3 heterocycles. The normalized spacial score (nSPS) is 12.0. The first-order valence-corrected chi connectivity index (χ1v) is 22.8. The van der Waals surface area contributed by atoms with Crippen LogP contribution in [0.3, 0.4) is 0 Å². The van der Waals surface area contributed by atoms with Crippen molar-refractivity contribution in [1.82, 2.24) is 8.97 Å². The van der Waals surface area contributed by atoms with E-state index in [4.69, 9.17) is 0 Å². The number of para-hydroxylation sites is 4. The Balaban J connectivity index is 0.00000225. The molecule has 1 unspecified atom stereocenters. The van der Waals surface area contributed by atoms with Crippen LogP contribution in [0.2, 0.25) is 0 Å². The van der Waals surface area contributed by atoms with Gasteiger partial charge in [0, 0.05) is 54.9 Å². The molecule has 0 radical (unpaired) electrons. The highest BCUT2D eigenvalue weighted by atomic mass is 15.1. The van der Waals surface area contributed by atoms with Crippen LogP contribution in [0.15, 0.2) is 188 Å². The summed E-state index contributed by atoms with van der Waals surface area (Å²) in [6, 6.07) is 75.9. The second kappa shape index (κ2) is 15.8. The van der Waals surface area contributed by atoms with Gasteiger partial charge in [-0.1, -0.05) is 155 Å². The molecule has 12 aromatic rings. The highest BCUT2D eigenvalue weighted by Gasteiger charge is 2.25. The van der Waals surface area contributed by atoms with Crippen LogP contribution in [0.5, 0.6) is 0 Å². The third-order valence-corrected chi connectivity index (χ3v) is 13.3. The summed E-state index contributed by atoms with van der Waals surface area (Å²) in [4.78, 5) is 2.47. The molecule has 0 spiro atoms. The van der Waals surface area contributed by atoms with Gasteiger partial charge < -0.3 is 13.9 Å². The predicted molar refractivity (Wildman–Crippen MR) is 273 cm³/mol. The fraction of sp³-hybridized carbons (Fsp3) is 0.115. The van der Waals surface area contributed by atoms with Crippen molar-refractivity contribution < 1.29 is 0 Å². The average Bonchev–Trinajstić information content (AvgIpc) is 4.01. The maximum Gasteiger partial charge on any atom is 0.105 e. The number of fused-ring (bicyclic) bond motifs is 9. The highest BCUT2D eigenvalue weighted by molar-refractivity contribution is 6.27. The minimum atomic E-state index is 0.442. The summed E-state index contributed by atoms with van der Waals surface area (Å²) >= 11 is 0. The first kappa shape index (κ1) is 39.1. The second-order valence-corrected chi connectivity index (χ2v) is 16.7. The Bertz CT molecular complexity index is 3650. The van der Waals surface area contributed by atoms with E-state index in [1.165, 1.54) is 87.8 Å². The third-order valence-electron chi connectivity index (χ3n) is 13.3. The van der Waals surface area contributed by atoms with Gasteiger partial charge in [-0.15, -0.1) is 0 Å². The summed E-state index contributed by atoms with van der Waals surface area (Å²) in [6.07, 6.45) is 1.08. The van der Waals surface area contributed by atoms with E-state index in [2.05, 4.69) is 229 Å². The molecule has 0 aliphatic carbocycles. The minimum absolute atomic E-state index is 0.442. The lowest BCUT2D eigenvalue weighted by Crippen LogP contribution is -2.11. The predicted octanol–water partition coefficient (Wildman–Crippen LogP) is 17.2. The lowest BCUT2D eigenvalue weighted by atomic mass is 9.88. The summed E-state index contributed by atoms with van der Waals surface area (Å²) in [5, 5.41) is 7.37. The molecule has 0 bridgehead atoms. The molecule has 12 rings (SSSR count). The van der Waals surface area contributed by atoms with Gasteiger partial charge in [0.25, 0.3) is 0 Å². The molecule has 0 saturated heterocycles. The molecule has 0 fully saturated rings. The number of benzene rings is 8. The van der Waals surface area contributed by atoms with E-state index in [9.17, 15) is 0 Å². The van der Waals surface area contributed by atoms with Gasteiger partial charge in [-0.3, -0.25) is 0 Å². The molecule has 0 saturated carbocycles. The molecule has 3 aromatic heterocycles. The largest absolute Gasteiger partial charge is 0.310 e. The standard InChI is InChI=1S/C59H43N3.C2H6/c1-4-38(2)44-19-8-9-20-46(44)52-37-43(32-29-39(52)3)60(56-36-35-50-48-22-11-14-27-54(48)62-55-28-15-12-23-51(55)57(56)59(50)62)42-33-30-40(31-34-42)45-24-16-25-49-47-21-10-13-26-53(47)61(58(45)49)41-17-6-5-7-18-41;1-2/h5-14,16-27,29-38H,4H2,1-3H3;1-2H3. The third kappa shape index (κ3) is 5.98. The fourth-order valence-corrected chi connectivity index (χ4v) is 10.2. The number of hydrogen-bond acceptors (Lipinski definition) is 1. The van der Waals surface area contributed by atoms with E-state index < -0.39 is 0 Å². The SMILES string of the molecule is CC.CCC(C)c1ccccc1-c1cc(N(c2ccc(-c3cccc4c5ccccc5n(-c5ccccc5)c34)cc2)c2ccc3c4ccccc4n4c5c#cccc5c2c34)ccc1C. The molecule has 64 heavy (non-hydrogen) atoms. The number of aryl methyl sites for hydroxylation is 1. The van der Waals surface area contributed by atoms with Crippen LogP contribution in [0.25, 0.3) is 87.8 Å². The fourth-order valence-electron chi connectivity index (χ4n) is 10.2. The summed E-state index contributed by atoms with van der Waals surface area (Å²) in [5.41, 5.74) is 17.9. The van der Waals surface area contributed by atoms with Gasteiger partial charge in [0.15, 0.2) is 0 Å². The molecule has 3 heteroatoms. The second-order valence-electron chi connectivity index (χ2n) is 16.7. The lowest BCUT2D eigenvalue weighted by Gasteiger charge is -2.28. The smallest absolute Gasteiger partial charge is 0.105 e. The highest BCUT2D eigenvalue weighted by Crippen LogP contribution is 2.48. The van der Waals surface area contributed by atoms with Crippen molar-refractivity contribution in [1.29, 1.82) is 0 Å². The molecule has 9 aromatic carbocycles.